The van der Waals surface area contributed by atoms with Crippen LogP contribution in [0, 0.1) is 5.92 Å². The van der Waals surface area contributed by atoms with Crippen LogP contribution in [0.1, 0.15) is 39.0 Å². The van der Waals surface area contributed by atoms with Gasteiger partial charge in [-0.25, -0.2) is 0 Å². The zero-order chi connectivity index (χ0) is 12.1. The maximum Gasteiger partial charge on any atom is 0.0593 e. The molecule has 1 aliphatic carbocycles. The van der Waals surface area contributed by atoms with Crippen LogP contribution >= 0.6 is 0 Å². The molecule has 0 aromatic heterocycles. The molecule has 0 spiro atoms. The average Bonchev–Trinajstić information content (AvgIpc) is 2.71. The summed E-state index contributed by atoms with van der Waals surface area (Å²) in [6.07, 6.45) is 7.14. The van der Waals surface area contributed by atoms with Gasteiger partial charge in [0.25, 0.3) is 0 Å². The monoisotopic (exact) mass is 240 g/mol. The molecule has 100 valence electrons. The van der Waals surface area contributed by atoms with Crippen molar-refractivity contribution in [3.63, 3.8) is 0 Å². The summed E-state index contributed by atoms with van der Waals surface area (Å²) in [4.78, 5) is 2.41. The highest BCUT2D eigenvalue weighted by Crippen LogP contribution is 2.33. The topological polar surface area (TPSA) is 24.5 Å². The van der Waals surface area contributed by atoms with E-state index in [0.717, 1.165) is 37.8 Å². The summed E-state index contributed by atoms with van der Waals surface area (Å²) in [5.74, 6) is 0.967. The predicted molar refractivity (Wildman–Crippen MR) is 71.3 cm³/mol. The van der Waals surface area contributed by atoms with Gasteiger partial charge in [0, 0.05) is 31.8 Å². The van der Waals surface area contributed by atoms with Crippen LogP contribution in [0.15, 0.2) is 0 Å². The summed E-state index contributed by atoms with van der Waals surface area (Å²) >= 11 is 0. The molecule has 2 aliphatic rings. The fourth-order valence-corrected chi connectivity index (χ4v) is 3.40. The van der Waals surface area contributed by atoms with Crippen LogP contribution in [0.2, 0.25) is 0 Å². The van der Waals surface area contributed by atoms with Crippen LogP contribution in [0.3, 0.4) is 0 Å². The van der Waals surface area contributed by atoms with Gasteiger partial charge in [-0.2, -0.15) is 0 Å². The molecule has 2 fully saturated rings. The molecule has 1 saturated heterocycles. The molecular formula is C14H28N2O. The fraction of sp³-hybridized carbons (Fsp3) is 1.00. The largest absolute Gasteiger partial charge is 0.380 e. The summed E-state index contributed by atoms with van der Waals surface area (Å²) in [5.41, 5.74) is 0. The van der Waals surface area contributed by atoms with Crippen molar-refractivity contribution in [2.24, 2.45) is 5.92 Å². The molecule has 3 heteroatoms. The normalized spacial score (nSPS) is 33.0. The Hall–Kier alpha value is -0.120. The van der Waals surface area contributed by atoms with Crippen molar-refractivity contribution in [3.05, 3.63) is 0 Å². The van der Waals surface area contributed by atoms with Crippen LogP contribution in [-0.4, -0.2) is 50.3 Å². The summed E-state index contributed by atoms with van der Waals surface area (Å²) in [7, 11) is 2.21. The lowest BCUT2D eigenvalue weighted by atomic mass is 9.85. The molecule has 1 N–H and O–H groups in total. The first-order valence-corrected chi connectivity index (χ1v) is 7.32. The van der Waals surface area contributed by atoms with Crippen molar-refractivity contribution in [2.75, 3.05) is 33.4 Å². The Labute approximate surface area is 106 Å². The van der Waals surface area contributed by atoms with Crippen LogP contribution in [-0.2, 0) is 4.74 Å². The minimum absolute atomic E-state index is 0.717. The van der Waals surface area contributed by atoms with Gasteiger partial charge in [0.2, 0.25) is 0 Å². The van der Waals surface area contributed by atoms with Crippen molar-refractivity contribution in [1.29, 1.82) is 0 Å². The van der Waals surface area contributed by atoms with Crippen molar-refractivity contribution < 1.29 is 4.74 Å². The maximum absolute atomic E-state index is 5.40. The molecule has 2 rings (SSSR count). The van der Waals surface area contributed by atoms with Gasteiger partial charge < -0.3 is 15.0 Å². The number of nitrogens with zero attached hydrogens (tertiary/aromatic N) is 1. The molecule has 0 aromatic rings. The van der Waals surface area contributed by atoms with Gasteiger partial charge in [-0.1, -0.05) is 12.8 Å². The first-order chi connectivity index (χ1) is 8.29. The summed E-state index contributed by atoms with van der Waals surface area (Å²) in [6.45, 7) is 6.00. The zero-order valence-corrected chi connectivity index (χ0v) is 11.5. The van der Waals surface area contributed by atoms with E-state index in [1.807, 2.05) is 0 Å². The summed E-state index contributed by atoms with van der Waals surface area (Å²) < 4.78 is 5.40. The van der Waals surface area contributed by atoms with Gasteiger partial charge in [-0.15, -0.1) is 0 Å². The van der Waals surface area contributed by atoms with Gasteiger partial charge in [0.1, 0.15) is 0 Å². The standard InChI is InChI=1S/C14H28N2O/c1-3-17-9-8-16(2)11-13-10-12-6-4-5-7-14(12)15-13/h12-15H,3-11H2,1-2H3. The Balaban J connectivity index is 1.66. The van der Waals surface area contributed by atoms with E-state index >= 15 is 0 Å². The number of likely N-dealkylation sites (N-methyl/N-ethyl adjacent to an activating group) is 1. The van der Waals surface area contributed by atoms with Crippen molar-refractivity contribution in [2.45, 2.75) is 51.1 Å². The quantitative estimate of drug-likeness (QED) is 0.717. The number of rotatable bonds is 6. The van der Waals surface area contributed by atoms with Crippen molar-refractivity contribution in [1.82, 2.24) is 10.2 Å². The highest BCUT2D eigenvalue weighted by atomic mass is 16.5. The molecule has 1 heterocycles. The van der Waals surface area contributed by atoms with Crippen molar-refractivity contribution >= 4 is 0 Å². The summed E-state index contributed by atoms with van der Waals surface area (Å²) in [6, 6.07) is 1.55. The Morgan fingerprint density at radius 2 is 2.12 bits per heavy atom. The molecule has 3 nitrogen and oxygen atoms in total. The first-order valence-electron chi connectivity index (χ1n) is 7.32. The van der Waals surface area contributed by atoms with E-state index in [2.05, 4.69) is 24.2 Å². The molecule has 0 aromatic carbocycles. The number of fused-ring (bicyclic) bond motifs is 1. The third-order valence-electron chi connectivity index (χ3n) is 4.30. The van der Waals surface area contributed by atoms with E-state index in [1.54, 1.807) is 0 Å². The van der Waals surface area contributed by atoms with E-state index in [4.69, 9.17) is 4.74 Å². The second-order valence-corrected chi connectivity index (χ2v) is 5.71. The van der Waals surface area contributed by atoms with E-state index in [1.165, 1.54) is 38.6 Å². The molecule has 0 bridgehead atoms. The van der Waals surface area contributed by atoms with Crippen molar-refractivity contribution in [3.8, 4) is 0 Å². The molecular weight excluding hydrogens is 212 g/mol. The van der Waals surface area contributed by atoms with E-state index < -0.39 is 0 Å². The van der Waals surface area contributed by atoms with Gasteiger partial charge in [0.05, 0.1) is 6.61 Å². The number of hydrogen-bond donors (Lipinski definition) is 1. The zero-order valence-electron chi connectivity index (χ0n) is 11.5. The Bertz CT molecular complexity index is 208. The fourth-order valence-electron chi connectivity index (χ4n) is 3.40. The Morgan fingerprint density at radius 3 is 2.88 bits per heavy atom. The lowest BCUT2D eigenvalue weighted by Crippen LogP contribution is -2.40. The molecule has 17 heavy (non-hydrogen) atoms. The second-order valence-electron chi connectivity index (χ2n) is 5.71. The third-order valence-corrected chi connectivity index (χ3v) is 4.30. The van der Waals surface area contributed by atoms with Crippen LogP contribution in [0.4, 0.5) is 0 Å². The highest BCUT2D eigenvalue weighted by Gasteiger charge is 2.34. The van der Waals surface area contributed by atoms with Gasteiger partial charge in [-0.3, -0.25) is 0 Å². The SMILES string of the molecule is CCOCCN(C)CC1CC2CCCCC2N1. The minimum Gasteiger partial charge on any atom is -0.380 e. The molecule has 3 unspecified atom stereocenters. The average molecular weight is 240 g/mol. The first kappa shape index (κ1) is 13.3. The molecule has 1 saturated carbocycles. The third kappa shape index (κ3) is 3.94. The summed E-state index contributed by atoms with van der Waals surface area (Å²) in [5, 5.41) is 3.83. The van der Waals surface area contributed by atoms with Crippen LogP contribution in [0.5, 0.6) is 0 Å². The smallest absolute Gasteiger partial charge is 0.0593 e. The van der Waals surface area contributed by atoms with Crippen LogP contribution < -0.4 is 5.32 Å². The van der Waals surface area contributed by atoms with Gasteiger partial charge in [-0.05, 0) is 39.2 Å². The Morgan fingerprint density at radius 1 is 1.29 bits per heavy atom. The lowest BCUT2D eigenvalue weighted by Gasteiger charge is -2.24. The minimum atomic E-state index is 0.717. The number of ether oxygens (including phenoxy) is 1. The Kier molecular flexibility index (Phi) is 5.26. The van der Waals surface area contributed by atoms with E-state index in [-0.39, 0.29) is 0 Å². The number of nitrogens with one attached hydrogen (secondary N) is 1. The predicted octanol–water partition coefficient (Wildman–Crippen LogP) is 1.88. The van der Waals surface area contributed by atoms with E-state index in [9.17, 15) is 0 Å². The molecule has 1 aliphatic heterocycles. The van der Waals surface area contributed by atoms with E-state index in [0.29, 0.717) is 0 Å². The maximum atomic E-state index is 5.40. The van der Waals surface area contributed by atoms with Gasteiger partial charge in [0.15, 0.2) is 0 Å². The second kappa shape index (κ2) is 6.72. The molecule has 3 atom stereocenters. The molecule has 0 radical (unpaired) electrons. The van der Waals surface area contributed by atoms with Crippen LogP contribution in [0.25, 0.3) is 0 Å². The molecule has 0 amide bonds. The highest BCUT2D eigenvalue weighted by molar-refractivity contribution is 4.93. The number of hydrogen-bond acceptors (Lipinski definition) is 3. The lowest BCUT2D eigenvalue weighted by molar-refractivity contribution is 0.119. The van der Waals surface area contributed by atoms with Gasteiger partial charge >= 0.3 is 0 Å².